The zero-order valence-corrected chi connectivity index (χ0v) is 12.0. The van der Waals surface area contributed by atoms with Crippen LogP contribution in [0.3, 0.4) is 0 Å². The van der Waals surface area contributed by atoms with E-state index in [-0.39, 0.29) is 5.69 Å². The average molecular weight is 347 g/mol. The molecule has 0 aromatic heterocycles. The first-order valence-electron chi connectivity index (χ1n) is 5.96. The van der Waals surface area contributed by atoms with Crippen LogP contribution in [0.15, 0.2) is 48.5 Å². The van der Waals surface area contributed by atoms with Crippen molar-refractivity contribution in [3.8, 4) is 16.9 Å². The molecular formula is C13H8F3NO5S. The largest absolute Gasteiger partial charge is 0.534 e. The molecule has 0 fully saturated rings. The van der Waals surface area contributed by atoms with Gasteiger partial charge in [0, 0.05) is 12.1 Å². The molecule has 0 amide bonds. The maximum atomic E-state index is 12.2. The van der Waals surface area contributed by atoms with E-state index >= 15 is 0 Å². The summed E-state index contributed by atoms with van der Waals surface area (Å²) in [5, 5.41) is 10.7. The minimum atomic E-state index is -5.74. The second-order valence-electron chi connectivity index (χ2n) is 4.32. The third-order valence-electron chi connectivity index (χ3n) is 2.73. The minimum Gasteiger partial charge on any atom is -0.376 e. The van der Waals surface area contributed by atoms with Crippen molar-refractivity contribution >= 4 is 15.8 Å². The molecule has 0 aliphatic heterocycles. The molecule has 0 saturated carbocycles. The van der Waals surface area contributed by atoms with E-state index in [9.17, 15) is 31.7 Å². The number of halogens is 3. The smallest absolute Gasteiger partial charge is 0.376 e. The van der Waals surface area contributed by atoms with Crippen LogP contribution < -0.4 is 4.18 Å². The molecule has 0 aliphatic carbocycles. The summed E-state index contributed by atoms with van der Waals surface area (Å²) in [7, 11) is -5.74. The van der Waals surface area contributed by atoms with Gasteiger partial charge in [0.15, 0.2) is 0 Å². The lowest BCUT2D eigenvalue weighted by molar-refractivity contribution is -0.384. The molecule has 0 unspecified atom stereocenters. The Morgan fingerprint density at radius 1 is 1.00 bits per heavy atom. The summed E-state index contributed by atoms with van der Waals surface area (Å²) in [4.78, 5) is 10.1. The topological polar surface area (TPSA) is 86.5 Å². The third kappa shape index (κ3) is 3.77. The normalized spacial score (nSPS) is 12.0. The number of alkyl halides is 3. The molecule has 0 N–H and O–H groups in total. The summed E-state index contributed by atoms with van der Waals surface area (Å²) in [6, 6.07) is 10.2. The Hall–Kier alpha value is -2.62. The highest BCUT2D eigenvalue weighted by molar-refractivity contribution is 7.88. The number of hydrogen-bond acceptors (Lipinski definition) is 5. The van der Waals surface area contributed by atoms with Crippen LogP contribution in [0, 0.1) is 10.1 Å². The zero-order valence-electron chi connectivity index (χ0n) is 11.1. The van der Waals surface area contributed by atoms with Crippen molar-refractivity contribution in [3.63, 3.8) is 0 Å². The second-order valence-corrected chi connectivity index (χ2v) is 5.85. The molecule has 0 aliphatic rings. The molecule has 2 rings (SSSR count). The molecule has 6 nitrogen and oxygen atoms in total. The predicted molar refractivity (Wildman–Crippen MR) is 74.1 cm³/mol. The van der Waals surface area contributed by atoms with Gasteiger partial charge in [0.25, 0.3) is 5.69 Å². The molecular weight excluding hydrogens is 339 g/mol. The molecule has 0 atom stereocenters. The minimum absolute atomic E-state index is 0.150. The first-order chi connectivity index (χ1) is 10.6. The Morgan fingerprint density at radius 3 is 2.13 bits per heavy atom. The molecule has 122 valence electrons. The van der Waals surface area contributed by atoms with Gasteiger partial charge >= 0.3 is 15.6 Å². The number of nitro benzene ring substituents is 1. The molecule has 0 bridgehead atoms. The molecule has 2 aromatic carbocycles. The number of hydrogen-bond donors (Lipinski definition) is 0. The van der Waals surface area contributed by atoms with Gasteiger partial charge in [0.05, 0.1) is 4.92 Å². The summed E-state index contributed by atoms with van der Waals surface area (Å²) in [6.07, 6.45) is 0. The summed E-state index contributed by atoms with van der Waals surface area (Å²) in [6.45, 7) is 0. The van der Waals surface area contributed by atoms with E-state index in [1.165, 1.54) is 30.3 Å². The van der Waals surface area contributed by atoms with Gasteiger partial charge in [-0.1, -0.05) is 24.3 Å². The molecule has 0 saturated heterocycles. The van der Waals surface area contributed by atoms with Crippen LogP contribution in [0.5, 0.6) is 5.75 Å². The van der Waals surface area contributed by atoms with Crippen molar-refractivity contribution in [3.05, 3.63) is 58.6 Å². The van der Waals surface area contributed by atoms with Gasteiger partial charge in [-0.05, 0) is 23.3 Å². The number of benzene rings is 2. The molecule has 2 aromatic rings. The van der Waals surface area contributed by atoms with Crippen LogP contribution in [0.2, 0.25) is 0 Å². The summed E-state index contributed by atoms with van der Waals surface area (Å²) >= 11 is 0. The van der Waals surface area contributed by atoms with Gasteiger partial charge < -0.3 is 4.18 Å². The van der Waals surface area contributed by atoms with E-state index < -0.39 is 26.3 Å². The van der Waals surface area contributed by atoms with Gasteiger partial charge in [-0.2, -0.15) is 21.6 Å². The van der Waals surface area contributed by atoms with E-state index in [2.05, 4.69) is 4.18 Å². The van der Waals surface area contributed by atoms with E-state index in [1.54, 1.807) is 6.07 Å². The zero-order chi connectivity index (χ0) is 17.3. The van der Waals surface area contributed by atoms with Gasteiger partial charge in [0.1, 0.15) is 5.75 Å². The van der Waals surface area contributed by atoms with E-state index in [0.717, 1.165) is 12.1 Å². The van der Waals surface area contributed by atoms with Gasteiger partial charge in [0.2, 0.25) is 0 Å². The highest BCUT2D eigenvalue weighted by Gasteiger charge is 2.48. The van der Waals surface area contributed by atoms with Crippen LogP contribution >= 0.6 is 0 Å². The Labute approximate surface area is 128 Å². The highest BCUT2D eigenvalue weighted by atomic mass is 32.2. The molecule has 23 heavy (non-hydrogen) atoms. The van der Waals surface area contributed by atoms with Crippen molar-refractivity contribution in [2.24, 2.45) is 0 Å². The van der Waals surface area contributed by atoms with Crippen molar-refractivity contribution in [1.29, 1.82) is 0 Å². The Morgan fingerprint density at radius 2 is 1.61 bits per heavy atom. The van der Waals surface area contributed by atoms with Crippen molar-refractivity contribution in [1.82, 2.24) is 0 Å². The summed E-state index contributed by atoms with van der Waals surface area (Å²) in [5.74, 6) is -0.517. The van der Waals surface area contributed by atoms with Crippen molar-refractivity contribution in [2.75, 3.05) is 0 Å². The van der Waals surface area contributed by atoms with Crippen LogP contribution in [0.4, 0.5) is 18.9 Å². The monoisotopic (exact) mass is 347 g/mol. The SMILES string of the molecule is O=[N+]([O-])c1cccc(-c2ccc(OS(=O)(=O)C(F)(F)F)cc2)c1. The quantitative estimate of drug-likeness (QED) is 0.366. The van der Waals surface area contributed by atoms with Crippen LogP contribution in [-0.4, -0.2) is 18.8 Å². The first kappa shape index (κ1) is 16.7. The highest BCUT2D eigenvalue weighted by Crippen LogP contribution is 2.29. The maximum absolute atomic E-state index is 12.2. The number of nitro groups is 1. The van der Waals surface area contributed by atoms with Crippen LogP contribution in [0.1, 0.15) is 0 Å². The summed E-state index contributed by atoms with van der Waals surface area (Å²) < 4.78 is 62.3. The fraction of sp³-hybridized carbons (Fsp3) is 0.0769. The number of rotatable bonds is 4. The second kappa shape index (κ2) is 5.88. The standard InChI is InChI=1S/C13H8F3NO5S/c14-13(15,16)23(20,21)22-12-6-4-9(5-7-12)10-2-1-3-11(8-10)17(18)19/h1-8H. The Balaban J connectivity index is 2.27. The molecule has 0 radical (unpaired) electrons. The Bertz CT molecular complexity index is 831. The fourth-order valence-electron chi connectivity index (χ4n) is 1.68. The van der Waals surface area contributed by atoms with Gasteiger partial charge in [-0.15, -0.1) is 0 Å². The first-order valence-corrected chi connectivity index (χ1v) is 7.36. The van der Waals surface area contributed by atoms with Gasteiger partial charge in [-0.25, -0.2) is 0 Å². The predicted octanol–water partition coefficient (Wildman–Crippen LogP) is 3.49. The maximum Gasteiger partial charge on any atom is 0.534 e. The van der Waals surface area contributed by atoms with Crippen molar-refractivity contribution in [2.45, 2.75) is 5.51 Å². The lowest BCUT2D eigenvalue weighted by atomic mass is 10.1. The summed E-state index contributed by atoms with van der Waals surface area (Å²) in [5.41, 5.74) is -4.77. The van der Waals surface area contributed by atoms with E-state index in [4.69, 9.17) is 0 Å². The fourth-order valence-corrected chi connectivity index (χ4v) is 2.13. The van der Waals surface area contributed by atoms with Gasteiger partial charge in [-0.3, -0.25) is 10.1 Å². The Kier molecular flexibility index (Phi) is 4.28. The molecule has 0 heterocycles. The lowest BCUT2D eigenvalue weighted by Crippen LogP contribution is -2.28. The van der Waals surface area contributed by atoms with Crippen LogP contribution in [0.25, 0.3) is 11.1 Å². The van der Waals surface area contributed by atoms with E-state index in [0.29, 0.717) is 11.1 Å². The van der Waals surface area contributed by atoms with E-state index in [1.807, 2.05) is 0 Å². The number of non-ortho nitro benzene ring substituents is 1. The van der Waals surface area contributed by atoms with Crippen molar-refractivity contribution < 1.29 is 30.7 Å². The third-order valence-corrected chi connectivity index (χ3v) is 3.71. The van der Waals surface area contributed by atoms with Crippen LogP contribution in [-0.2, 0) is 10.1 Å². The molecule has 0 spiro atoms. The average Bonchev–Trinajstić information content (AvgIpc) is 2.46. The lowest BCUT2D eigenvalue weighted by Gasteiger charge is -2.09. The number of nitrogens with zero attached hydrogens (tertiary/aromatic N) is 1. The molecule has 10 heteroatoms.